The van der Waals surface area contributed by atoms with Crippen molar-refractivity contribution in [1.82, 2.24) is 19.8 Å². The summed E-state index contributed by atoms with van der Waals surface area (Å²) in [5.74, 6) is 0.00745. The summed E-state index contributed by atoms with van der Waals surface area (Å²) in [4.78, 5) is 30.0. The van der Waals surface area contributed by atoms with E-state index in [9.17, 15) is 9.59 Å². The fraction of sp³-hybridized carbons (Fsp3) is 0.389. The number of aromatic nitrogens is 2. The highest BCUT2D eigenvalue weighted by molar-refractivity contribution is 5.87. The minimum Gasteiger partial charge on any atom is -0.350 e. The molecule has 0 bridgehead atoms. The Labute approximate surface area is 141 Å². The Balaban J connectivity index is 1.49. The molecule has 1 aliphatic heterocycles. The Morgan fingerprint density at radius 2 is 2.04 bits per heavy atom. The predicted molar refractivity (Wildman–Crippen MR) is 92.3 cm³/mol. The molecular weight excluding hydrogens is 304 g/mol. The first-order valence-electron chi connectivity index (χ1n) is 8.28. The van der Waals surface area contributed by atoms with Gasteiger partial charge >= 0.3 is 0 Å². The van der Waals surface area contributed by atoms with Gasteiger partial charge in [-0.1, -0.05) is 18.7 Å². The Morgan fingerprint density at radius 3 is 2.79 bits per heavy atom. The summed E-state index contributed by atoms with van der Waals surface area (Å²) in [6, 6.07) is 8.05. The van der Waals surface area contributed by atoms with Crippen molar-refractivity contribution in [3.05, 3.63) is 43.2 Å². The second-order valence-corrected chi connectivity index (χ2v) is 6.04. The van der Waals surface area contributed by atoms with Crippen molar-refractivity contribution >= 4 is 22.8 Å². The van der Waals surface area contributed by atoms with Crippen molar-refractivity contribution in [2.45, 2.75) is 31.8 Å². The molecular formula is C18H22N4O2. The first-order chi connectivity index (χ1) is 11.7. The van der Waals surface area contributed by atoms with Crippen LogP contribution in [-0.4, -0.2) is 45.4 Å². The van der Waals surface area contributed by atoms with Crippen molar-refractivity contribution in [2.75, 3.05) is 13.1 Å². The summed E-state index contributed by atoms with van der Waals surface area (Å²) in [5.41, 5.74) is 2.00. The maximum Gasteiger partial charge on any atom is 0.243 e. The van der Waals surface area contributed by atoms with E-state index in [4.69, 9.17) is 0 Å². The van der Waals surface area contributed by atoms with E-state index in [1.54, 1.807) is 6.33 Å². The molecule has 2 heterocycles. The predicted octanol–water partition coefficient (Wildman–Crippen LogP) is 1.72. The van der Waals surface area contributed by atoms with Gasteiger partial charge in [-0.25, -0.2) is 4.98 Å². The van der Waals surface area contributed by atoms with Gasteiger partial charge in [-0.15, -0.1) is 0 Å². The molecule has 1 fully saturated rings. The molecule has 0 spiro atoms. The summed E-state index contributed by atoms with van der Waals surface area (Å²) in [5, 5.41) is 2.90. The quantitative estimate of drug-likeness (QED) is 0.851. The number of hydrogen-bond acceptors (Lipinski definition) is 3. The zero-order chi connectivity index (χ0) is 16.9. The van der Waals surface area contributed by atoms with E-state index in [-0.39, 0.29) is 17.9 Å². The van der Waals surface area contributed by atoms with Gasteiger partial charge < -0.3 is 14.8 Å². The molecule has 126 valence electrons. The Kier molecular flexibility index (Phi) is 4.93. The van der Waals surface area contributed by atoms with Gasteiger partial charge in [-0.2, -0.15) is 0 Å². The van der Waals surface area contributed by atoms with Crippen molar-refractivity contribution < 1.29 is 9.59 Å². The number of nitrogens with zero attached hydrogens (tertiary/aromatic N) is 3. The van der Waals surface area contributed by atoms with Gasteiger partial charge in [0.25, 0.3) is 0 Å². The summed E-state index contributed by atoms with van der Waals surface area (Å²) in [6.45, 7) is 5.46. The minimum absolute atomic E-state index is 0.136. The number of nitrogens with one attached hydrogen (secondary N) is 1. The van der Waals surface area contributed by atoms with Crippen LogP contribution in [0.25, 0.3) is 11.0 Å². The summed E-state index contributed by atoms with van der Waals surface area (Å²) in [6.07, 6.45) is 5.12. The van der Waals surface area contributed by atoms with Crippen molar-refractivity contribution in [3.8, 4) is 0 Å². The number of carbonyl (C=O) groups is 2. The van der Waals surface area contributed by atoms with Crippen LogP contribution in [0.4, 0.5) is 0 Å². The number of aryl methyl sites for hydroxylation is 1. The van der Waals surface area contributed by atoms with E-state index in [1.165, 1.54) is 6.08 Å². The number of carbonyl (C=O) groups excluding carboxylic acids is 2. The minimum atomic E-state index is -0.147. The third-order valence-corrected chi connectivity index (χ3v) is 4.47. The Hall–Kier alpha value is -2.63. The molecule has 0 atom stereocenters. The van der Waals surface area contributed by atoms with Crippen LogP contribution in [0.3, 0.4) is 0 Å². The van der Waals surface area contributed by atoms with Crippen LogP contribution in [0.1, 0.15) is 19.3 Å². The molecule has 1 aromatic heterocycles. The fourth-order valence-electron chi connectivity index (χ4n) is 3.10. The van der Waals surface area contributed by atoms with Gasteiger partial charge in [-0.3, -0.25) is 9.59 Å². The molecule has 3 rings (SSSR count). The van der Waals surface area contributed by atoms with Gasteiger partial charge in [0.1, 0.15) is 0 Å². The number of amides is 2. The lowest BCUT2D eigenvalue weighted by molar-refractivity contribution is -0.132. The van der Waals surface area contributed by atoms with E-state index >= 15 is 0 Å². The van der Waals surface area contributed by atoms with E-state index < -0.39 is 0 Å². The van der Waals surface area contributed by atoms with E-state index in [0.29, 0.717) is 26.1 Å². The summed E-state index contributed by atoms with van der Waals surface area (Å²) in [7, 11) is 0. The largest absolute Gasteiger partial charge is 0.350 e. The zero-order valence-corrected chi connectivity index (χ0v) is 13.6. The maximum atomic E-state index is 12.4. The highest BCUT2D eigenvalue weighted by Crippen LogP contribution is 2.14. The molecule has 0 saturated carbocycles. The lowest BCUT2D eigenvalue weighted by atomic mass is 10.0. The highest BCUT2D eigenvalue weighted by Gasteiger charge is 2.23. The van der Waals surface area contributed by atoms with E-state index in [2.05, 4.69) is 16.9 Å². The molecule has 1 N–H and O–H groups in total. The van der Waals surface area contributed by atoms with E-state index in [0.717, 1.165) is 23.9 Å². The molecule has 0 unspecified atom stereocenters. The van der Waals surface area contributed by atoms with E-state index in [1.807, 2.05) is 33.7 Å². The number of likely N-dealkylation sites (tertiary alicyclic amines) is 1. The van der Waals surface area contributed by atoms with Crippen LogP contribution in [-0.2, 0) is 16.1 Å². The van der Waals surface area contributed by atoms with Crippen LogP contribution in [0, 0.1) is 0 Å². The van der Waals surface area contributed by atoms with Crippen LogP contribution in [0.5, 0.6) is 0 Å². The third kappa shape index (κ3) is 3.64. The molecule has 1 saturated heterocycles. The number of hydrogen-bond donors (Lipinski definition) is 1. The number of imidazole rings is 1. The molecule has 6 heteroatoms. The Morgan fingerprint density at radius 1 is 1.29 bits per heavy atom. The van der Waals surface area contributed by atoms with Gasteiger partial charge in [-0.05, 0) is 31.1 Å². The van der Waals surface area contributed by atoms with Crippen molar-refractivity contribution in [2.24, 2.45) is 0 Å². The second kappa shape index (κ2) is 7.29. The number of piperidine rings is 1. The van der Waals surface area contributed by atoms with Crippen LogP contribution < -0.4 is 5.32 Å². The topological polar surface area (TPSA) is 67.2 Å². The number of rotatable bonds is 5. The number of para-hydroxylation sites is 2. The lowest BCUT2D eigenvalue weighted by Crippen LogP contribution is -2.46. The molecule has 1 aliphatic rings. The first kappa shape index (κ1) is 16.2. The van der Waals surface area contributed by atoms with Gasteiger partial charge in [0.15, 0.2) is 0 Å². The van der Waals surface area contributed by atoms with Gasteiger partial charge in [0.05, 0.1) is 17.4 Å². The zero-order valence-electron chi connectivity index (χ0n) is 13.6. The standard InChI is InChI=1S/C18H22N4O2/c1-2-17(23)20-14-7-10-21(11-8-14)18(24)9-12-22-13-19-15-5-3-4-6-16(15)22/h2-6,13-14H,1,7-12H2,(H,20,23). The SMILES string of the molecule is C=CC(=O)NC1CCN(C(=O)CCn2cnc3ccccc32)CC1. The molecule has 0 radical (unpaired) electrons. The van der Waals surface area contributed by atoms with Gasteiger partial charge in [0.2, 0.25) is 11.8 Å². The monoisotopic (exact) mass is 326 g/mol. The van der Waals surface area contributed by atoms with Gasteiger partial charge in [0, 0.05) is 32.1 Å². The molecule has 2 amide bonds. The average molecular weight is 326 g/mol. The fourth-order valence-corrected chi connectivity index (χ4v) is 3.10. The average Bonchev–Trinajstić information content (AvgIpc) is 3.03. The number of benzene rings is 1. The van der Waals surface area contributed by atoms with Crippen LogP contribution in [0.2, 0.25) is 0 Å². The number of fused-ring (bicyclic) bond motifs is 1. The summed E-state index contributed by atoms with van der Waals surface area (Å²) < 4.78 is 2.02. The smallest absolute Gasteiger partial charge is 0.243 e. The third-order valence-electron chi connectivity index (χ3n) is 4.47. The normalized spacial score (nSPS) is 15.4. The molecule has 2 aromatic rings. The molecule has 24 heavy (non-hydrogen) atoms. The van der Waals surface area contributed by atoms with Crippen LogP contribution >= 0.6 is 0 Å². The maximum absolute atomic E-state index is 12.4. The molecule has 1 aromatic carbocycles. The van der Waals surface area contributed by atoms with Crippen LogP contribution in [0.15, 0.2) is 43.2 Å². The first-order valence-corrected chi connectivity index (χ1v) is 8.28. The molecule has 0 aliphatic carbocycles. The highest BCUT2D eigenvalue weighted by atomic mass is 16.2. The lowest BCUT2D eigenvalue weighted by Gasteiger charge is -2.32. The summed E-state index contributed by atoms with van der Waals surface area (Å²) >= 11 is 0. The Bertz CT molecular complexity index is 744. The molecule has 6 nitrogen and oxygen atoms in total. The van der Waals surface area contributed by atoms with Crippen molar-refractivity contribution in [1.29, 1.82) is 0 Å². The second-order valence-electron chi connectivity index (χ2n) is 6.04. The van der Waals surface area contributed by atoms with Crippen molar-refractivity contribution in [3.63, 3.8) is 0 Å².